The summed E-state index contributed by atoms with van der Waals surface area (Å²) in [6, 6.07) is 6.05. The molecule has 1 aromatic rings. The van der Waals surface area contributed by atoms with E-state index in [1.54, 1.807) is 0 Å². The molecule has 0 amide bonds. The van der Waals surface area contributed by atoms with Crippen molar-refractivity contribution in [2.75, 3.05) is 5.75 Å². The van der Waals surface area contributed by atoms with Gasteiger partial charge in [0.25, 0.3) is 0 Å². The van der Waals surface area contributed by atoms with Crippen molar-refractivity contribution in [3.05, 3.63) is 24.4 Å². The van der Waals surface area contributed by atoms with Crippen molar-refractivity contribution in [1.82, 2.24) is 4.98 Å². The minimum absolute atomic E-state index is 0.432. The molecule has 0 aliphatic rings. The van der Waals surface area contributed by atoms with E-state index in [0.717, 1.165) is 10.8 Å². The second-order valence-corrected chi connectivity index (χ2v) is 5.44. The van der Waals surface area contributed by atoms with Gasteiger partial charge < -0.3 is 0 Å². The molecule has 0 bridgehead atoms. The van der Waals surface area contributed by atoms with Gasteiger partial charge >= 0.3 is 0 Å². The maximum atomic E-state index is 4.26. The van der Waals surface area contributed by atoms with E-state index in [9.17, 15) is 0 Å². The molecule has 1 aromatic heterocycles. The van der Waals surface area contributed by atoms with Gasteiger partial charge in [-0.2, -0.15) is 0 Å². The third-order valence-electron chi connectivity index (χ3n) is 1.74. The van der Waals surface area contributed by atoms with Crippen LogP contribution < -0.4 is 0 Å². The van der Waals surface area contributed by atoms with Crippen LogP contribution in [0.1, 0.15) is 27.2 Å². The summed E-state index contributed by atoms with van der Waals surface area (Å²) in [4.78, 5) is 4.26. The Kier molecular flexibility index (Phi) is 3.79. The number of rotatable bonds is 3. The molecule has 0 saturated heterocycles. The van der Waals surface area contributed by atoms with Crippen LogP contribution in [0.15, 0.2) is 29.4 Å². The van der Waals surface area contributed by atoms with Crippen molar-refractivity contribution < 1.29 is 0 Å². The van der Waals surface area contributed by atoms with Crippen molar-refractivity contribution in [3.63, 3.8) is 0 Å². The Labute approximate surface area is 85.0 Å². The normalized spacial score (nSPS) is 11.6. The zero-order valence-electron chi connectivity index (χ0n) is 8.58. The maximum Gasteiger partial charge on any atom is 0.0959 e. The molecule has 0 spiro atoms. The molecule has 0 unspecified atom stereocenters. The monoisotopic (exact) mass is 195 g/mol. The topological polar surface area (TPSA) is 12.9 Å². The molecule has 2 heteroatoms. The summed E-state index contributed by atoms with van der Waals surface area (Å²) in [5.74, 6) is 1.15. The Balaban J connectivity index is 2.29. The third kappa shape index (κ3) is 4.94. The highest BCUT2D eigenvalue weighted by atomic mass is 32.2. The molecule has 1 nitrogen and oxygen atoms in total. The van der Waals surface area contributed by atoms with Crippen molar-refractivity contribution in [1.29, 1.82) is 0 Å². The summed E-state index contributed by atoms with van der Waals surface area (Å²) in [6.45, 7) is 6.81. The van der Waals surface area contributed by atoms with Crippen molar-refractivity contribution in [3.8, 4) is 0 Å². The van der Waals surface area contributed by atoms with Crippen LogP contribution in [0.3, 0.4) is 0 Å². The highest BCUT2D eigenvalue weighted by molar-refractivity contribution is 7.99. The van der Waals surface area contributed by atoms with Gasteiger partial charge in [0, 0.05) is 6.20 Å². The summed E-state index contributed by atoms with van der Waals surface area (Å²) in [6.07, 6.45) is 3.08. The average Bonchev–Trinajstić information content (AvgIpc) is 2.04. The fraction of sp³-hybridized carbons (Fsp3) is 0.545. The van der Waals surface area contributed by atoms with Gasteiger partial charge in [0.2, 0.25) is 0 Å². The second kappa shape index (κ2) is 4.66. The lowest BCUT2D eigenvalue weighted by atomic mass is 9.94. The highest BCUT2D eigenvalue weighted by Gasteiger charge is 2.09. The number of nitrogens with zero attached hydrogens (tertiary/aromatic N) is 1. The van der Waals surface area contributed by atoms with Crippen LogP contribution in [-0.4, -0.2) is 10.7 Å². The van der Waals surface area contributed by atoms with E-state index in [4.69, 9.17) is 0 Å². The zero-order chi connectivity index (χ0) is 9.73. The lowest BCUT2D eigenvalue weighted by molar-refractivity contribution is 0.401. The Morgan fingerprint density at radius 2 is 2.08 bits per heavy atom. The van der Waals surface area contributed by atoms with E-state index in [1.807, 2.05) is 30.1 Å². The average molecular weight is 195 g/mol. The molecule has 1 rings (SSSR count). The van der Waals surface area contributed by atoms with Crippen LogP contribution in [0, 0.1) is 5.41 Å². The molecular formula is C11H17NS. The zero-order valence-corrected chi connectivity index (χ0v) is 9.40. The van der Waals surface area contributed by atoms with Gasteiger partial charge in [-0.15, -0.1) is 11.8 Å². The van der Waals surface area contributed by atoms with Crippen LogP contribution >= 0.6 is 11.8 Å². The Morgan fingerprint density at radius 1 is 1.31 bits per heavy atom. The molecule has 1 heterocycles. The third-order valence-corrected chi connectivity index (χ3v) is 2.69. The molecular weight excluding hydrogens is 178 g/mol. The number of thioether (sulfide) groups is 1. The Morgan fingerprint density at radius 3 is 2.62 bits per heavy atom. The Bertz CT molecular complexity index is 238. The van der Waals surface area contributed by atoms with Gasteiger partial charge in [0.15, 0.2) is 0 Å². The van der Waals surface area contributed by atoms with Crippen LogP contribution in [-0.2, 0) is 0 Å². The first-order chi connectivity index (χ1) is 6.08. The van der Waals surface area contributed by atoms with E-state index < -0.39 is 0 Å². The molecule has 13 heavy (non-hydrogen) atoms. The van der Waals surface area contributed by atoms with E-state index in [-0.39, 0.29) is 0 Å². The van der Waals surface area contributed by atoms with Crippen LogP contribution in [0.2, 0.25) is 0 Å². The first-order valence-electron chi connectivity index (χ1n) is 4.62. The van der Waals surface area contributed by atoms with Crippen LogP contribution in [0.5, 0.6) is 0 Å². The van der Waals surface area contributed by atoms with E-state index in [2.05, 4.69) is 31.8 Å². The summed E-state index contributed by atoms with van der Waals surface area (Å²) in [5.41, 5.74) is 0.432. The van der Waals surface area contributed by atoms with Gasteiger partial charge in [-0.05, 0) is 29.7 Å². The molecule has 0 aliphatic heterocycles. The lowest BCUT2D eigenvalue weighted by Gasteiger charge is -2.16. The summed E-state index contributed by atoms with van der Waals surface area (Å²) in [5, 5.41) is 1.13. The lowest BCUT2D eigenvalue weighted by Crippen LogP contribution is -2.05. The molecule has 0 aromatic carbocycles. The summed E-state index contributed by atoms with van der Waals surface area (Å²) >= 11 is 1.84. The van der Waals surface area contributed by atoms with Crippen LogP contribution in [0.25, 0.3) is 0 Å². The van der Waals surface area contributed by atoms with E-state index in [0.29, 0.717) is 5.41 Å². The van der Waals surface area contributed by atoms with Gasteiger partial charge in [0.1, 0.15) is 0 Å². The molecule has 0 fully saturated rings. The minimum Gasteiger partial charge on any atom is -0.250 e. The van der Waals surface area contributed by atoms with Gasteiger partial charge in [-0.1, -0.05) is 26.8 Å². The quantitative estimate of drug-likeness (QED) is 0.683. The molecule has 0 N–H and O–H groups in total. The molecule has 0 atom stereocenters. The number of hydrogen-bond donors (Lipinski definition) is 0. The number of aromatic nitrogens is 1. The molecule has 0 radical (unpaired) electrons. The van der Waals surface area contributed by atoms with E-state index >= 15 is 0 Å². The standard InChI is InChI=1S/C11H17NS/c1-11(2,3)7-9-13-10-6-4-5-8-12-10/h4-6,8H,7,9H2,1-3H3. The smallest absolute Gasteiger partial charge is 0.0959 e. The van der Waals surface area contributed by atoms with E-state index in [1.165, 1.54) is 6.42 Å². The first-order valence-corrected chi connectivity index (χ1v) is 5.60. The fourth-order valence-electron chi connectivity index (χ4n) is 0.894. The van der Waals surface area contributed by atoms with Crippen molar-refractivity contribution in [2.45, 2.75) is 32.2 Å². The largest absolute Gasteiger partial charge is 0.250 e. The summed E-state index contributed by atoms with van der Waals surface area (Å²) in [7, 11) is 0. The molecule has 0 aliphatic carbocycles. The van der Waals surface area contributed by atoms with Gasteiger partial charge in [-0.25, -0.2) is 4.98 Å². The molecule has 0 saturated carbocycles. The minimum atomic E-state index is 0.432. The predicted octanol–water partition coefficient (Wildman–Crippen LogP) is 3.61. The second-order valence-electron chi connectivity index (χ2n) is 4.33. The fourth-order valence-corrected chi connectivity index (χ4v) is 2.13. The number of hydrogen-bond acceptors (Lipinski definition) is 2. The van der Waals surface area contributed by atoms with Crippen molar-refractivity contribution >= 4 is 11.8 Å². The number of pyridine rings is 1. The summed E-state index contributed by atoms with van der Waals surface area (Å²) < 4.78 is 0. The van der Waals surface area contributed by atoms with Crippen molar-refractivity contribution in [2.24, 2.45) is 5.41 Å². The maximum absolute atomic E-state index is 4.26. The first kappa shape index (κ1) is 10.6. The van der Waals surface area contributed by atoms with Gasteiger partial charge in [0.05, 0.1) is 5.03 Å². The van der Waals surface area contributed by atoms with Crippen LogP contribution in [0.4, 0.5) is 0 Å². The SMILES string of the molecule is CC(C)(C)CCSc1ccccn1. The highest BCUT2D eigenvalue weighted by Crippen LogP contribution is 2.24. The molecule has 72 valence electrons. The predicted molar refractivity (Wildman–Crippen MR) is 59.0 cm³/mol. The van der Waals surface area contributed by atoms with Gasteiger partial charge in [-0.3, -0.25) is 0 Å². The Hall–Kier alpha value is -0.500.